The van der Waals surface area contributed by atoms with Crippen LogP contribution >= 0.6 is 0 Å². The maximum Gasteiger partial charge on any atom is 0.129 e. The summed E-state index contributed by atoms with van der Waals surface area (Å²) in [5, 5.41) is 10.4. The predicted octanol–water partition coefficient (Wildman–Crippen LogP) is 2.02. The van der Waals surface area contributed by atoms with Gasteiger partial charge in [0.1, 0.15) is 5.82 Å². The van der Waals surface area contributed by atoms with Crippen LogP contribution in [0.15, 0.2) is 24.3 Å². The summed E-state index contributed by atoms with van der Waals surface area (Å²) < 4.78 is 13.6. The van der Waals surface area contributed by atoms with Crippen LogP contribution in [0.25, 0.3) is 0 Å². The van der Waals surface area contributed by atoms with Gasteiger partial charge >= 0.3 is 0 Å². The van der Waals surface area contributed by atoms with Crippen molar-refractivity contribution in [2.24, 2.45) is 11.1 Å². The summed E-state index contributed by atoms with van der Waals surface area (Å²) in [6.07, 6.45) is 0. The minimum Gasteiger partial charge on any atom is -0.385 e. The number of nitrogens with two attached hydrogens (primary N) is 1. The van der Waals surface area contributed by atoms with Gasteiger partial charge in [0.25, 0.3) is 0 Å². The molecule has 0 aliphatic heterocycles. The van der Waals surface area contributed by atoms with Gasteiger partial charge < -0.3 is 10.8 Å². The van der Waals surface area contributed by atoms with Gasteiger partial charge in [-0.1, -0.05) is 32.0 Å². The molecule has 0 heterocycles. The lowest BCUT2D eigenvalue weighted by Crippen LogP contribution is -2.44. The van der Waals surface area contributed by atoms with Gasteiger partial charge in [-0.15, -0.1) is 0 Å². The van der Waals surface area contributed by atoms with Gasteiger partial charge in [-0.3, -0.25) is 0 Å². The fourth-order valence-corrected chi connectivity index (χ4v) is 1.42. The van der Waals surface area contributed by atoms with E-state index in [1.165, 1.54) is 6.07 Å². The van der Waals surface area contributed by atoms with Crippen molar-refractivity contribution in [3.05, 3.63) is 35.6 Å². The summed E-state index contributed by atoms with van der Waals surface area (Å²) in [4.78, 5) is 0. The molecule has 3 N–H and O–H groups in total. The fourth-order valence-electron chi connectivity index (χ4n) is 1.42. The summed E-state index contributed by atoms with van der Waals surface area (Å²) in [5.74, 6) is -0.399. The highest BCUT2D eigenvalue weighted by atomic mass is 19.1. The zero-order valence-corrected chi connectivity index (χ0v) is 9.42. The smallest absolute Gasteiger partial charge is 0.129 e. The van der Waals surface area contributed by atoms with E-state index in [1.54, 1.807) is 25.1 Å². The molecule has 0 aliphatic carbocycles. The lowest BCUT2D eigenvalue weighted by Gasteiger charge is -2.39. The predicted molar refractivity (Wildman–Crippen MR) is 58.8 cm³/mol. The summed E-state index contributed by atoms with van der Waals surface area (Å²) in [5.41, 5.74) is 4.04. The van der Waals surface area contributed by atoms with E-state index in [9.17, 15) is 9.50 Å². The molecule has 15 heavy (non-hydrogen) atoms. The standard InChI is InChI=1S/C12H18FNO/c1-11(2,8-14)12(3,15)9-6-4-5-7-10(9)13/h4-7,15H,8,14H2,1-3H3. The van der Waals surface area contributed by atoms with Crippen LogP contribution in [0, 0.1) is 11.2 Å². The van der Waals surface area contributed by atoms with Crippen LogP contribution in [0.5, 0.6) is 0 Å². The average Bonchev–Trinajstić information content (AvgIpc) is 2.18. The summed E-state index contributed by atoms with van der Waals surface area (Å²) in [7, 11) is 0. The van der Waals surface area contributed by atoms with E-state index in [0.29, 0.717) is 5.56 Å². The monoisotopic (exact) mass is 211 g/mol. The van der Waals surface area contributed by atoms with Crippen LogP contribution in [0.4, 0.5) is 4.39 Å². The molecular formula is C12H18FNO. The normalized spacial score (nSPS) is 16.1. The number of aliphatic hydroxyl groups is 1. The maximum atomic E-state index is 13.6. The zero-order chi connectivity index (χ0) is 11.7. The number of benzene rings is 1. The Morgan fingerprint density at radius 1 is 1.27 bits per heavy atom. The van der Waals surface area contributed by atoms with Crippen molar-refractivity contribution in [1.29, 1.82) is 0 Å². The third-order valence-electron chi connectivity index (χ3n) is 3.23. The summed E-state index contributed by atoms with van der Waals surface area (Å²) >= 11 is 0. The van der Waals surface area contributed by atoms with Crippen LogP contribution in [0.3, 0.4) is 0 Å². The molecule has 0 aromatic heterocycles. The first-order valence-electron chi connectivity index (χ1n) is 5.00. The minimum atomic E-state index is -1.27. The highest BCUT2D eigenvalue weighted by Crippen LogP contribution is 2.39. The molecule has 0 aliphatic rings. The number of hydrogen-bond acceptors (Lipinski definition) is 2. The summed E-state index contributed by atoms with van der Waals surface area (Å²) in [6, 6.07) is 6.24. The van der Waals surface area contributed by atoms with Crippen molar-refractivity contribution < 1.29 is 9.50 Å². The lowest BCUT2D eigenvalue weighted by molar-refractivity contribution is -0.0547. The van der Waals surface area contributed by atoms with E-state index in [1.807, 2.05) is 13.8 Å². The Morgan fingerprint density at radius 3 is 2.27 bits per heavy atom. The van der Waals surface area contributed by atoms with E-state index in [2.05, 4.69) is 0 Å². The van der Waals surface area contributed by atoms with Crippen molar-refractivity contribution in [3.8, 4) is 0 Å². The zero-order valence-electron chi connectivity index (χ0n) is 9.42. The van der Waals surface area contributed by atoms with Crippen molar-refractivity contribution in [1.82, 2.24) is 0 Å². The van der Waals surface area contributed by atoms with Gasteiger partial charge in [-0.25, -0.2) is 4.39 Å². The van der Waals surface area contributed by atoms with Gasteiger partial charge in [0.05, 0.1) is 5.60 Å². The second kappa shape index (κ2) is 3.91. The maximum absolute atomic E-state index is 13.6. The Hall–Kier alpha value is -0.930. The van der Waals surface area contributed by atoms with Crippen LogP contribution in [0.2, 0.25) is 0 Å². The molecule has 2 nitrogen and oxygen atoms in total. The fraction of sp³-hybridized carbons (Fsp3) is 0.500. The molecule has 1 rings (SSSR count). The van der Waals surface area contributed by atoms with Crippen LogP contribution in [-0.2, 0) is 5.60 Å². The summed E-state index contributed by atoms with van der Waals surface area (Å²) in [6.45, 7) is 5.52. The molecule has 1 atom stereocenters. The van der Waals surface area contributed by atoms with Gasteiger partial charge in [0.15, 0.2) is 0 Å². The molecule has 0 saturated carbocycles. The molecule has 1 aromatic rings. The highest BCUT2D eigenvalue weighted by molar-refractivity contribution is 5.25. The second-order valence-electron chi connectivity index (χ2n) is 4.64. The van der Waals surface area contributed by atoms with E-state index in [-0.39, 0.29) is 6.54 Å². The first-order chi connectivity index (χ1) is 6.83. The molecular weight excluding hydrogens is 193 g/mol. The lowest BCUT2D eigenvalue weighted by atomic mass is 9.72. The first kappa shape index (κ1) is 12.1. The SMILES string of the molecule is CC(C)(CN)C(C)(O)c1ccccc1F. The van der Waals surface area contributed by atoms with Crippen molar-refractivity contribution >= 4 is 0 Å². The Bertz CT molecular complexity index is 347. The Balaban J connectivity index is 3.22. The largest absolute Gasteiger partial charge is 0.385 e. The number of halogens is 1. The van der Waals surface area contributed by atoms with Gasteiger partial charge in [-0.05, 0) is 13.0 Å². The molecule has 0 fully saturated rings. The average molecular weight is 211 g/mol. The minimum absolute atomic E-state index is 0.286. The number of hydrogen-bond donors (Lipinski definition) is 2. The van der Waals surface area contributed by atoms with Crippen LogP contribution < -0.4 is 5.73 Å². The van der Waals surface area contributed by atoms with Crippen molar-refractivity contribution in [3.63, 3.8) is 0 Å². The Morgan fingerprint density at radius 2 is 1.80 bits per heavy atom. The molecule has 0 saturated heterocycles. The molecule has 0 amide bonds. The molecule has 0 radical (unpaired) electrons. The third kappa shape index (κ3) is 2.03. The van der Waals surface area contributed by atoms with Gasteiger partial charge in [0.2, 0.25) is 0 Å². The Kier molecular flexibility index (Phi) is 3.16. The van der Waals surface area contributed by atoms with Crippen molar-refractivity contribution in [2.75, 3.05) is 6.54 Å². The molecule has 1 aromatic carbocycles. The Labute approximate surface area is 89.9 Å². The molecule has 84 valence electrons. The van der Waals surface area contributed by atoms with Crippen LogP contribution in [-0.4, -0.2) is 11.7 Å². The molecule has 0 bridgehead atoms. The van der Waals surface area contributed by atoms with E-state index >= 15 is 0 Å². The molecule has 1 unspecified atom stereocenters. The van der Waals surface area contributed by atoms with E-state index in [4.69, 9.17) is 5.73 Å². The van der Waals surface area contributed by atoms with E-state index in [0.717, 1.165) is 0 Å². The first-order valence-corrected chi connectivity index (χ1v) is 5.00. The molecule has 0 spiro atoms. The quantitative estimate of drug-likeness (QED) is 0.803. The topological polar surface area (TPSA) is 46.2 Å². The molecule has 3 heteroatoms. The van der Waals surface area contributed by atoms with Gasteiger partial charge in [-0.2, -0.15) is 0 Å². The number of rotatable bonds is 3. The highest BCUT2D eigenvalue weighted by Gasteiger charge is 2.41. The van der Waals surface area contributed by atoms with Crippen molar-refractivity contribution in [2.45, 2.75) is 26.4 Å². The second-order valence-corrected chi connectivity index (χ2v) is 4.64. The third-order valence-corrected chi connectivity index (χ3v) is 3.23. The van der Waals surface area contributed by atoms with Gasteiger partial charge in [0, 0.05) is 17.5 Å². The van der Waals surface area contributed by atoms with Crippen LogP contribution in [0.1, 0.15) is 26.3 Å². The van der Waals surface area contributed by atoms with E-state index < -0.39 is 16.8 Å².